The Morgan fingerprint density at radius 2 is 1.71 bits per heavy atom. The zero-order valence-electron chi connectivity index (χ0n) is 11.6. The number of pyridine rings is 1. The monoisotopic (exact) mass is 283 g/mol. The van der Waals surface area contributed by atoms with Gasteiger partial charge in [-0.1, -0.05) is 18.2 Å². The summed E-state index contributed by atoms with van der Waals surface area (Å²) in [7, 11) is 0. The molecule has 0 unspecified atom stereocenters. The number of carbonyl (C=O) groups excluding carboxylic acids is 2. The van der Waals surface area contributed by atoms with Crippen molar-refractivity contribution in [1.29, 1.82) is 0 Å². The van der Waals surface area contributed by atoms with Gasteiger partial charge in [0, 0.05) is 36.6 Å². The predicted molar refractivity (Wildman–Crippen MR) is 80.9 cm³/mol. The molecule has 0 bridgehead atoms. The lowest BCUT2D eigenvalue weighted by atomic mass is 10.2. The number of nitrogens with one attached hydrogen (secondary N) is 2. The van der Waals surface area contributed by atoms with E-state index in [-0.39, 0.29) is 11.8 Å². The molecule has 0 saturated carbocycles. The van der Waals surface area contributed by atoms with Gasteiger partial charge >= 0.3 is 0 Å². The Kier molecular flexibility index (Phi) is 5.46. The van der Waals surface area contributed by atoms with Gasteiger partial charge in [-0.15, -0.1) is 0 Å². The highest BCUT2D eigenvalue weighted by Crippen LogP contribution is 2.04. The van der Waals surface area contributed by atoms with E-state index in [0.29, 0.717) is 24.9 Å². The Bertz CT molecular complexity index is 585. The second kappa shape index (κ2) is 7.79. The average molecular weight is 283 g/mol. The molecule has 0 aliphatic heterocycles. The Hall–Kier alpha value is -2.69. The van der Waals surface area contributed by atoms with E-state index in [4.69, 9.17) is 0 Å². The second-order valence-corrected chi connectivity index (χ2v) is 4.51. The van der Waals surface area contributed by atoms with Crippen LogP contribution in [0.25, 0.3) is 0 Å². The Labute approximate surface area is 123 Å². The maximum absolute atomic E-state index is 11.8. The van der Waals surface area contributed by atoms with E-state index in [1.165, 1.54) is 0 Å². The molecule has 1 aromatic carbocycles. The van der Waals surface area contributed by atoms with E-state index >= 15 is 0 Å². The molecule has 0 saturated heterocycles. The highest BCUT2D eigenvalue weighted by molar-refractivity contribution is 5.94. The van der Waals surface area contributed by atoms with Gasteiger partial charge in [0.1, 0.15) is 0 Å². The fraction of sp³-hybridized carbons (Fsp3) is 0.188. The normalized spacial score (nSPS) is 9.90. The fourth-order valence-electron chi connectivity index (χ4n) is 1.80. The van der Waals surface area contributed by atoms with Gasteiger partial charge in [0.05, 0.1) is 0 Å². The van der Waals surface area contributed by atoms with Crippen LogP contribution in [0.4, 0.5) is 5.69 Å². The van der Waals surface area contributed by atoms with Crippen molar-refractivity contribution in [2.45, 2.75) is 12.8 Å². The smallest absolute Gasteiger partial charge is 0.251 e. The van der Waals surface area contributed by atoms with Crippen LogP contribution >= 0.6 is 0 Å². The van der Waals surface area contributed by atoms with Crippen molar-refractivity contribution in [2.24, 2.45) is 0 Å². The van der Waals surface area contributed by atoms with Gasteiger partial charge in [-0.25, -0.2) is 0 Å². The molecular weight excluding hydrogens is 266 g/mol. The summed E-state index contributed by atoms with van der Waals surface area (Å²) < 4.78 is 0. The Morgan fingerprint density at radius 3 is 2.43 bits per heavy atom. The molecule has 5 heteroatoms. The summed E-state index contributed by atoms with van der Waals surface area (Å²) in [4.78, 5) is 27.3. The molecular formula is C16H17N3O2. The first-order chi connectivity index (χ1) is 10.3. The number of anilines is 1. The summed E-state index contributed by atoms with van der Waals surface area (Å²) in [5.74, 6) is -0.194. The maximum Gasteiger partial charge on any atom is 0.251 e. The van der Waals surface area contributed by atoms with Crippen molar-refractivity contribution in [1.82, 2.24) is 10.3 Å². The van der Waals surface area contributed by atoms with Crippen LogP contribution in [0.2, 0.25) is 0 Å². The van der Waals surface area contributed by atoms with Crippen LogP contribution in [0, 0.1) is 0 Å². The zero-order valence-corrected chi connectivity index (χ0v) is 11.6. The minimum atomic E-state index is -0.120. The highest BCUT2D eigenvalue weighted by Gasteiger charge is 2.05. The van der Waals surface area contributed by atoms with Crippen LogP contribution in [0.5, 0.6) is 0 Å². The number of carbonyl (C=O) groups is 2. The van der Waals surface area contributed by atoms with Crippen LogP contribution < -0.4 is 10.6 Å². The number of benzene rings is 1. The zero-order chi connectivity index (χ0) is 14.9. The number of nitrogens with zero attached hydrogens (tertiary/aromatic N) is 1. The fourth-order valence-corrected chi connectivity index (χ4v) is 1.80. The molecule has 0 atom stereocenters. The first-order valence-electron chi connectivity index (χ1n) is 6.79. The van der Waals surface area contributed by atoms with Gasteiger partial charge in [-0.05, 0) is 30.7 Å². The molecule has 2 aromatic rings. The molecule has 1 aromatic heterocycles. The molecule has 2 amide bonds. The van der Waals surface area contributed by atoms with Crippen molar-refractivity contribution in [3.8, 4) is 0 Å². The van der Waals surface area contributed by atoms with Crippen molar-refractivity contribution >= 4 is 17.5 Å². The minimum absolute atomic E-state index is 0.0739. The summed E-state index contributed by atoms with van der Waals surface area (Å²) in [6.07, 6.45) is 4.19. The summed E-state index contributed by atoms with van der Waals surface area (Å²) >= 11 is 0. The quantitative estimate of drug-likeness (QED) is 0.799. The molecule has 0 fully saturated rings. The van der Waals surface area contributed by atoms with Crippen molar-refractivity contribution in [2.75, 3.05) is 11.9 Å². The average Bonchev–Trinajstić information content (AvgIpc) is 2.53. The molecule has 0 aliphatic carbocycles. The summed E-state index contributed by atoms with van der Waals surface area (Å²) in [5.41, 5.74) is 1.35. The summed E-state index contributed by atoms with van der Waals surface area (Å²) in [5, 5.41) is 5.56. The molecule has 21 heavy (non-hydrogen) atoms. The van der Waals surface area contributed by atoms with Crippen LogP contribution in [0.3, 0.4) is 0 Å². The molecule has 5 nitrogen and oxygen atoms in total. The predicted octanol–water partition coefficient (Wildman–Crippen LogP) is 2.23. The Balaban J connectivity index is 1.66. The number of rotatable bonds is 6. The first kappa shape index (κ1) is 14.7. The molecule has 0 radical (unpaired) electrons. The lowest BCUT2D eigenvalue weighted by Crippen LogP contribution is -2.25. The van der Waals surface area contributed by atoms with Crippen LogP contribution in [0.1, 0.15) is 23.2 Å². The molecule has 0 spiro atoms. The third-order valence-corrected chi connectivity index (χ3v) is 2.87. The number of hydrogen-bond donors (Lipinski definition) is 2. The molecule has 108 valence electrons. The minimum Gasteiger partial charge on any atom is -0.352 e. The standard InChI is InChI=1S/C16H17N3O2/c20-15(19-14-8-11-17-12-9-14)7-4-10-18-16(21)13-5-2-1-3-6-13/h1-3,5-6,8-9,11-12H,4,7,10H2,(H,18,21)(H,17,19,20). The van der Waals surface area contributed by atoms with Crippen LogP contribution in [-0.4, -0.2) is 23.3 Å². The third kappa shape index (κ3) is 5.06. The van der Waals surface area contributed by atoms with Gasteiger partial charge in [-0.2, -0.15) is 0 Å². The van der Waals surface area contributed by atoms with E-state index in [1.807, 2.05) is 18.2 Å². The molecule has 2 N–H and O–H groups in total. The van der Waals surface area contributed by atoms with Crippen molar-refractivity contribution in [3.63, 3.8) is 0 Å². The van der Waals surface area contributed by atoms with E-state index in [1.54, 1.807) is 36.7 Å². The third-order valence-electron chi connectivity index (χ3n) is 2.87. The summed E-state index contributed by atoms with van der Waals surface area (Å²) in [6, 6.07) is 12.5. The van der Waals surface area contributed by atoms with E-state index in [2.05, 4.69) is 15.6 Å². The summed E-state index contributed by atoms with van der Waals surface area (Å²) in [6.45, 7) is 0.470. The van der Waals surface area contributed by atoms with Gasteiger partial charge in [-0.3, -0.25) is 14.6 Å². The Morgan fingerprint density at radius 1 is 1.00 bits per heavy atom. The van der Waals surface area contributed by atoms with E-state index in [9.17, 15) is 9.59 Å². The van der Waals surface area contributed by atoms with Gasteiger partial charge in [0.2, 0.25) is 5.91 Å². The number of hydrogen-bond acceptors (Lipinski definition) is 3. The van der Waals surface area contributed by atoms with Crippen LogP contribution in [-0.2, 0) is 4.79 Å². The molecule has 2 rings (SSSR count). The SMILES string of the molecule is O=C(CCCNC(=O)c1ccccc1)Nc1ccncc1. The largest absolute Gasteiger partial charge is 0.352 e. The van der Waals surface area contributed by atoms with Gasteiger partial charge in [0.15, 0.2) is 0 Å². The lowest BCUT2D eigenvalue weighted by molar-refractivity contribution is -0.116. The molecule has 0 aliphatic rings. The number of aromatic nitrogens is 1. The second-order valence-electron chi connectivity index (χ2n) is 4.51. The number of amides is 2. The van der Waals surface area contributed by atoms with Gasteiger partial charge in [0.25, 0.3) is 5.91 Å². The van der Waals surface area contributed by atoms with Crippen LogP contribution in [0.15, 0.2) is 54.9 Å². The maximum atomic E-state index is 11.8. The topological polar surface area (TPSA) is 71.1 Å². The van der Waals surface area contributed by atoms with Crippen molar-refractivity contribution in [3.05, 3.63) is 60.4 Å². The van der Waals surface area contributed by atoms with Crippen molar-refractivity contribution < 1.29 is 9.59 Å². The van der Waals surface area contributed by atoms with E-state index in [0.717, 1.165) is 5.69 Å². The first-order valence-corrected chi connectivity index (χ1v) is 6.79. The molecule has 1 heterocycles. The van der Waals surface area contributed by atoms with Gasteiger partial charge < -0.3 is 10.6 Å². The van der Waals surface area contributed by atoms with E-state index < -0.39 is 0 Å². The lowest BCUT2D eigenvalue weighted by Gasteiger charge is -2.06. The highest BCUT2D eigenvalue weighted by atomic mass is 16.2.